The standard InChI is InChI=1S/C35H40FN3O3/c1-38(2)18-16-25-17-19-39-32-20-24(35(40)41)12-14-29(32)33(27-10-6-7-11-30(27)36)34(39)28-15-13-26(21-31(28)37-25)42-22-23-8-4-3-5-9-23/h3-5,8-9,12-15,20-21,25,27,30,37H,6-7,10-11,16-19,22H2,1-2H3,(H,40,41)/t25?,27?,30-/m0/s1. The van der Waals surface area contributed by atoms with Crippen LogP contribution in [0.1, 0.15) is 65.9 Å². The normalized spacial score (nSPS) is 20.3. The van der Waals surface area contributed by atoms with E-state index in [9.17, 15) is 9.90 Å². The summed E-state index contributed by atoms with van der Waals surface area (Å²) >= 11 is 0. The van der Waals surface area contributed by atoms with Gasteiger partial charge in [-0.05, 0) is 81.7 Å². The number of rotatable bonds is 8. The van der Waals surface area contributed by atoms with Crippen molar-refractivity contribution in [1.29, 1.82) is 0 Å². The molecule has 2 heterocycles. The number of hydrogen-bond acceptors (Lipinski definition) is 4. The fourth-order valence-electron chi connectivity index (χ4n) is 6.71. The lowest BCUT2D eigenvalue weighted by Crippen LogP contribution is -2.28. The molecular weight excluding hydrogens is 529 g/mol. The van der Waals surface area contributed by atoms with Crippen molar-refractivity contribution in [3.8, 4) is 17.0 Å². The molecule has 7 heteroatoms. The molecule has 0 amide bonds. The van der Waals surface area contributed by atoms with Crippen LogP contribution in [0.2, 0.25) is 0 Å². The minimum absolute atomic E-state index is 0.204. The van der Waals surface area contributed by atoms with Gasteiger partial charge in [0.2, 0.25) is 0 Å². The Hall–Kier alpha value is -3.84. The van der Waals surface area contributed by atoms with Crippen LogP contribution in [0.3, 0.4) is 0 Å². The molecule has 0 radical (unpaired) electrons. The molecule has 1 saturated carbocycles. The highest BCUT2D eigenvalue weighted by molar-refractivity contribution is 5.99. The minimum atomic E-state index is -0.952. The van der Waals surface area contributed by atoms with Gasteiger partial charge in [0, 0.05) is 46.7 Å². The summed E-state index contributed by atoms with van der Waals surface area (Å²) in [6.45, 7) is 2.13. The Morgan fingerprint density at radius 2 is 1.86 bits per heavy atom. The summed E-state index contributed by atoms with van der Waals surface area (Å²) in [6.07, 6.45) is 4.15. The first-order chi connectivity index (χ1) is 20.4. The first kappa shape index (κ1) is 28.3. The molecule has 0 saturated heterocycles. The van der Waals surface area contributed by atoms with Crippen molar-refractivity contribution in [3.05, 3.63) is 83.4 Å². The largest absolute Gasteiger partial charge is 0.489 e. The van der Waals surface area contributed by atoms with Crippen LogP contribution in [0.15, 0.2) is 66.7 Å². The third kappa shape index (κ3) is 5.75. The maximum absolute atomic E-state index is 15.7. The highest BCUT2D eigenvalue weighted by atomic mass is 19.1. The number of anilines is 1. The lowest BCUT2D eigenvalue weighted by molar-refractivity contribution is 0.0697. The van der Waals surface area contributed by atoms with Gasteiger partial charge in [-0.2, -0.15) is 0 Å². The number of ether oxygens (including phenoxy) is 1. The summed E-state index contributed by atoms with van der Waals surface area (Å²) in [5.41, 5.74) is 6.23. The number of alkyl halides is 1. The second-order valence-corrected chi connectivity index (χ2v) is 12.1. The van der Waals surface area contributed by atoms with Crippen molar-refractivity contribution in [3.63, 3.8) is 0 Å². The predicted molar refractivity (Wildman–Crippen MR) is 166 cm³/mol. The highest BCUT2D eigenvalue weighted by Crippen LogP contribution is 2.48. The molecule has 2 unspecified atom stereocenters. The average Bonchev–Trinajstić information content (AvgIpc) is 3.29. The van der Waals surface area contributed by atoms with E-state index in [-0.39, 0.29) is 17.5 Å². The van der Waals surface area contributed by atoms with Crippen LogP contribution in [0.4, 0.5) is 10.1 Å². The summed E-state index contributed by atoms with van der Waals surface area (Å²) < 4.78 is 24.2. The van der Waals surface area contributed by atoms with E-state index in [0.29, 0.717) is 13.0 Å². The predicted octanol–water partition coefficient (Wildman–Crippen LogP) is 7.72. The third-order valence-electron chi connectivity index (χ3n) is 8.88. The van der Waals surface area contributed by atoms with Gasteiger partial charge in [0.25, 0.3) is 0 Å². The Morgan fingerprint density at radius 3 is 2.62 bits per heavy atom. The van der Waals surface area contributed by atoms with Crippen molar-refractivity contribution >= 4 is 22.6 Å². The van der Waals surface area contributed by atoms with E-state index >= 15 is 4.39 Å². The van der Waals surface area contributed by atoms with Crippen LogP contribution in [0.25, 0.3) is 22.2 Å². The molecule has 42 heavy (non-hydrogen) atoms. The molecule has 6 rings (SSSR count). The summed E-state index contributed by atoms with van der Waals surface area (Å²) in [6, 6.07) is 21.8. The first-order valence-corrected chi connectivity index (χ1v) is 15.1. The molecule has 2 N–H and O–H groups in total. The monoisotopic (exact) mass is 569 g/mol. The summed E-state index contributed by atoms with van der Waals surface area (Å²) in [7, 11) is 4.17. The molecule has 1 aromatic heterocycles. The smallest absolute Gasteiger partial charge is 0.335 e. The first-order valence-electron chi connectivity index (χ1n) is 15.1. The molecule has 6 nitrogen and oxygen atoms in total. The quantitative estimate of drug-likeness (QED) is 0.227. The second-order valence-electron chi connectivity index (χ2n) is 12.1. The zero-order chi connectivity index (χ0) is 29.2. The Bertz CT molecular complexity index is 1570. The van der Waals surface area contributed by atoms with E-state index in [0.717, 1.165) is 89.9 Å². The van der Waals surface area contributed by atoms with Crippen molar-refractivity contribution < 1.29 is 19.0 Å². The Balaban J connectivity index is 1.50. The number of nitrogens with zero attached hydrogens (tertiary/aromatic N) is 2. The molecule has 0 spiro atoms. The Kier molecular flexibility index (Phi) is 8.20. The molecule has 220 valence electrons. The lowest BCUT2D eigenvalue weighted by Gasteiger charge is -2.30. The van der Waals surface area contributed by atoms with Gasteiger partial charge < -0.3 is 24.6 Å². The number of nitrogens with one attached hydrogen (secondary N) is 1. The Labute approximate surface area is 247 Å². The molecule has 2 aliphatic rings. The number of carboxylic acids is 1. The molecule has 3 atom stereocenters. The van der Waals surface area contributed by atoms with Crippen molar-refractivity contribution in [1.82, 2.24) is 9.47 Å². The number of hydrogen-bond donors (Lipinski definition) is 2. The molecule has 0 bridgehead atoms. The van der Waals surface area contributed by atoms with Gasteiger partial charge >= 0.3 is 5.97 Å². The molecule has 1 fully saturated rings. The van der Waals surface area contributed by atoms with E-state index < -0.39 is 12.1 Å². The van der Waals surface area contributed by atoms with Crippen LogP contribution in [-0.4, -0.2) is 53.4 Å². The summed E-state index contributed by atoms with van der Waals surface area (Å²) in [4.78, 5) is 14.2. The maximum atomic E-state index is 15.7. The van der Waals surface area contributed by atoms with Gasteiger partial charge in [-0.1, -0.05) is 49.2 Å². The number of halogens is 1. The van der Waals surface area contributed by atoms with E-state index in [1.165, 1.54) is 0 Å². The van der Waals surface area contributed by atoms with Gasteiger partial charge in [-0.15, -0.1) is 0 Å². The third-order valence-corrected chi connectivity index (χ3v) is 8.88. The SMILES string of the molecule is CN(C)CCC1CCn2c(c(C3CCCC[C@@H]3F)c3ccc(C(=O)O)cc32)-c2ccc(OCc3ccccc3)cc2N1. The van der Waals surface area contributed by atoms with E-state index in [2.05, 4.69) is 53.1 Å². The van der Waals surface area contributed by atoms with Crippen molar-refractivity contribution in [2.75, 3.05) is 26.0 Å². The molecule has 1 aliphatic heterocycles. The molecule has 4 aromatic rings. The van der Waals surface area contributed by atoms with E-state index in [1.807, 2.05) is 30.3 Å². The van der Waals surface area contributed by atoms with Gasteiger partial charge in [0.1, 0.15) is 18.5 Å². The number of aromatic carboxylic acids is 1. The minimum Gasteiger partial charge on any atom is -0.489 e. The number of aromatic nitrogens is 1. The highest BCUT2D eigenvalue weighted by Gasteiger charge is 2.34. The van der Waals surface area contributed by atoms with Crippen molar-refractivity contribution in [2.45, 2.75) is 69.8 Å². The maximum Gasteiger partial charge on any atom is 0.335 e. The lowest BCUT2D eigenvalue weighted by atomic mass is 9.80. The summed E-state index contributed by atoms with van der Waals surface area (Å²) in [5, 5.41) is 14.6. The zero-order valence-electron chi connectivity index (χ0n) is 24.5. The van der Waals surface area contributed by atoms with Gasteiger partial charge in [0.15, 0.2) is 0 Å². The van der Waals surface area contributed by atoms with Crippen LogP contribution in [0, 0.1) is 0 Å². The van der Waals surface area contributed by atoms with Crippen molar-refractivity contribution in [2.24, 2.45) is 0 Å². The van der Waals surface area contributed by atoms with Gasteiger partial charge in [-0.3, -0.25) is 0 Å². The molecule has 3 aromatic carbocycles. The van der Waals surface area contributed by atoms with Crippen LogP contribution in [0.5, 0.6) is 5.75 Å². The summed E-state index contributed by atoms with van der Waals surface area (Å²) in [5.74, 6) is -0.401. The fraction of sp³-hybridized carbons (Fsp3) is 0.400. The number of carboxylic acid groups (broad SMARTS) is 1. The number of benzene rings is 3. The van der Waals surface area contributed by atoms with E-state index in [4.69, 9.17) is 4.74 Å². The van der Waals surface area contributed by atoms with Crippen LogP contribution in [-0.2, 0) is 13.2 Å². The van der Waals surface area contributed by atoms with Gasteiger partial charge in [0.05, 0.1) is 11.3 Å². The number of fused-ring (bicyclic) bond motifs is 5. The molecular formula is C35H40FN3O3. The zero-order valence-corrected chi connectivity index (χ0v) is 24.5. The second kappa shape index (κ2) is 12.2. The molecule has 1 aliphatic carbocycles. The van der Waals surface area contributed by atoms with E-state index in [1.54, 1.807) is 12.1 Å². The van der Waals surface area contributed by atoms with Gasteiger partial charge in [-0.25, -0.2) is 9.18 Å². The topological polar surface area (TPSA) is 66.7 Å². The average molecular weight is 570 g/mol. The fourth-order valence-corrected chi connectivity index (χ4v) is 6.71. The van der Waals surface area contributed by atoms with Crippen LogP contribution >= 0.6 is 0 Å². The van der Waals surface area contributed by atoms with Crippen LogP contribution < -0.4 is 10.1 Å². The number of aryl methyl sites for hydroxylation is 1. The Morgan fingerprint density at radius 1 is 1.05 bits per heavy atom. The number of carbonyl (C=O) groups is 1.